The highest BCUT2D eigenvalue weighted by molar-refractivity contribution is 6.30. The maximum absolute atomic E-state index is 12.3. The van der Waals surface area contributed by atoms with E-state index in [1.807, 2.05) is 25.1 Å². The van der Waals surface area contributed by atoms with Gasteiger partial charge >= 0.3 is 0 Å². The molecule has 0 radical (unpaired) electrons. The summed E-state index contributed by atoms with van der Waals surface area (Å²) in [5, 5.41) is 16.7. The molecule has 1 N–H and O–H groups in total. The smallest absolute Gasteiger partial charge is 0.273 e. The van der Waals surface area contributed by atoms with Gasteiger partial charge in [0.2, 0.25) is 0 Å². The average molecular weight is 333 g/mol. The highest BCUT2D eigenvalue weighted by Crippen LogP contribution is 2.17. The molecule has 1 aromatic heterocycles. The minimum atomic E-state index is -1.11. The number of carbonyl (C=O) groups is 1. The SMILES string of the molecule is COCC(C)(C#N)NC(=O)c1cc(C)n(-c2cccc(Cl)c2)n1. The summed E-state index contributed by atoms with van der Waals surface area (Å²) in [7, 11) is 1.47. The Morgan fingerprint density at radius 2 is 2.26 bits per heavy atom. The lowest BCUT2D eigenvalue weighted by Crippen LogP contribution is -2.48. The largest absolute Gasteiger partial charge is 0.381 e. The summed E-state index contributed by atoms with van der Waals surface area (Å²) in [6, 6.07) is 10.9. The van der Waals surface area contributed by atoms with Crippen molar-refractivity contribution in [1.29, 1.82) is 5.26 Å². The number of halogens is 1. The molecular formula is C16H17ClN4O2. The van der Waals surface area contributed by atoms with E-state index in [1.54, 1.807) is 29.8 Å². The molecule has 1 unspecified atom stereocenters. The standard InChI is InChI=1S/C16H17ClN4O2/c1-11-7-14(15(22)19-16(2,9-18)10-23-3)20-21(11)13-6-4-5-12(17)8-13/h4-8H,10H2,1-3H3,(H,19,22). The maximum atomic E-state index is 12.3. The fraction of sp³-hybridized carbons (Fsp3) is 0.312. The summed E-state index contributed by atoms with van der Waals surface area (Å²) in [4.78, 5) is 12.3. The van der Waals surface area contributed by atoms with Gasteiger partial charge in [-0.15, -0.1) is 0 Å². The second-order valence-electron chi connectivity index (χ2n) is 5.39. The Balaban J connectivity index is 2.27. The summed E-state index contributed by atoms with van der Waals surface area (Å²) in [6.07, 6.45) is 0. The van der Waals surface area contributed by atoms with E-state index in [0.29, 0.717) is 5.02 Å². The number of aryl methyl sites for hydroxylation is 1. The molecule has 0 bridgehead atoms. The molecule has 6 nitrogen and oxygen atoms in total. The number of nitrogens with zero attached hydrogens (tertiary/aromatic N) is 3. The number of benzene rings is 1. The minimum Gasteiger partial charge on any atom is -0.381 e. The molecule has 1 atom stereocenters. The Labute approximate surface area is 139 Å². The summed E-state index contributed by atoms with van der Waals surface area (Å²) in [5.41, 5.74) is 0.649. The van der Waals surface area contributed by atoms with E-state index in [0.717, 1.165) is 11.4 Å². The molecule has 23 heavy (non-hydrogen) atoms. The number of nitriles is 1. The van der Waals surface area contributed by atoms with Crippen LogP contribution in [-0.4, -0.2) is 34.9 Å². The van der Waals surface area contributed by atoms with Gasteiger partial charge in [-0.3, -0.25) is 4.79 Å². The first-order valence-electron chi connectivity index (χ1n) is 6.94. The van der Waals surface area contributed by atoms with E-state index in [9.17, 15) is 10.1 Å². The van der Waals surface area contributed by atoms with E-state index < -0.39 is 11.4 Å². The number of rotatable bonds is 5. The average Bonchev–Trinajstić information content (AvgIpc) is 2.89. The number of ether oxygens (including phenoxy) is 1. The van der Waals surface area contributed by atoms with Gasteiger partial charge in [0.15, 0.2) is 5.69 Å². The lowest BCUT2D eigenvalue weighted by atomic mass is 10.1. The molecule has 0 fully saturated rings. The zero-order chi connectivity index (χ0) is 17.0. The molecule has 0 saturated carbocycles. The van der Waals surface area contributed by atoms with Crippen LogP contribution in [0.2, 0.25) is 5.02 Å². The van der Waals surface area contributed by atoms with Crippen molar-refractivity contribution < 1.29 is 9.53 Å². The molecule has 1 amide bonds. The number of amides is 1. The van der Waals surface area contributed by atoms with Crippen LogP contribution in [0.3, 0.4) is 0 Å². The number of nitrogens with one attached hydrogen (secondary N) is 1. The third kappa shape index (κ3) is 3.89. The second kappa shape index (κ2) is 6.82. The fourth-order valence-corrected chi connectivity index (χ4v) is 2.34. The molecule has 0 aliphatic heterocycles. The van der Waals surface area contributed by atoms with E-state index in [-0.39, 0.29) is 12.3 Å². The van der Waals surface area contributed by atoms with Gasteiger partial charge in [0, 0.05) is 17.8 Å². The van der Waals surface area contributed by atoms with E-state index in [2.05, 4.69) is 10.4 Å². The lowest BCUT2D eigenvalue weighted by molar-refractivity contribution is 0.0855. The summed E-state index contributed by atoms with van der Waals surface area (Å²) in [5.74, 6) is -0.435. The van der Waals surface area contributed by atoms with Crippen LogP contribution in [0.25, 0.3) is 5.69 Å². The van der Waals surface area contributed by atoms with Crippen molar-refractivity contribution in [2.75, 3.05) is 13.7 Å². The van der Waals surface area contributed by atoms with Crippen LogP contribution in [0.1, 0.15) is 23.1 Å². The maximum Gasteiger partial charge on any atom is 0.273 e. The number of aromatic nitrogens is 2. The van der Waals surface area contributed by atoms with E-state index in [1.165, 1.54) is 7.11 Å². The first-order chi connectivity index (χ1) is 10.9. The Morgan fingerprint density at radius 1 is 1.52 bits per heavy atom. The van der Waals surface area contributed by atoms with Crippen LogP contribution >= 0.6 is 11.6 Å². The predicted octanol–water partition coefficient (Wildman–Crippen LogP) is 2.49. The van der Waals surface area contributed by atoms with Crippen molar-refractivity contribution in [3.8, 4) is 11.8 Å². The molecule has 1 heterocycles. The number of carbonyl (C=O) groups excluding carboxylic acids is 1. The van der Waals surface area contributed by atoms with Crippen molar-refractivity contribution in [3.05, 3.63) is 46.7 Å². The van der Waals surface area contributed by atoms with Gasteiger partial charge in [0.1, 0.15) is 5.54 Å². The zero-order valence-corrected chi connectivity index (χ0v) is 13.9. The van der Waals surface area contributed by atoms with E-state index >= 15 is 0 Å². The molecule has 0 aliphatic rings. The van der Waals surface area contributed by atoms with Gasteiger partial charge < -0.3 is 10.1 Å². The zero-order valence-electron chi connectivity index (χ0n) is 13.1. The first-order valence-corrected chi connectivity index (χ1v) is 7.31. The summed E-state index contributed by atoms with van der Waals surface area (Å²) >= 11 is 5.99. The van der Waals surface area contributed by atoms with Gasteiger partial charge in [-0.25, -0.2) is 4.68 Å². The molecular weight excluding hydrogens is 316 g/mol. The Kier molecular flexibility index (Phi) is 5.04. The molecule has 120 valence electrons. The fourth-order valence-electron chi connectivity index (χ4n) is 2.15. The Hall–Kier alpha value is -2.36. The third-order valence-electron chi connectivity index (χ3n) is 3.24. The van der Waals surface area contributed by atoms with Gasteiger partial charge in [0.25, 0.3) is 5.91 Å². The molecule has 2 rings (SSSR count). The lowest BCUT2D eigenvalue weighted by Gasteiger charge is -2.21. The molecule has 0 saturated heterocycles. The Morgan fingerprint density at radius 3 is 2.87 bits per heavy atom. The topological polar surface area (TPSA) is 79.9 Å². The Bertz CT molecular complexity index is 766. The van der Waals surface area contributed by atoms with Gasteiger partial charge in [0.05, 0.1) is 18.4 Å². The van der Waals surface area contributed by atoms with Crippen LogP contribution < -0.4 is 5.32 Å². The molecule has 1 aromatic carbocycles. The molecule has 0 aliphatic carbocycles. The van der Waals surface area contributed by atoms with Gasteiger partial charge in [-0.1, -0.05) is 17.7 Å². The second-order valence-corrected chi connectivity index (χ2v) is 5.83. The molecule has 0 spiro atoms. The number of hydrogen-bond acceptors (Lipinski definition) is 4. The number of methoxy groups -OCH3 is 1. The van der Waals surface area contributed by atoms with Crippen LogP contribution in [0.15, 0.2) is 30.3 Å². The van der Waals surface area contributed by atoms with Crippen LogP contribution in [0.5, 0.6) is 0 Å². The minimum absolute atomic E-state index is 0.0865. The van der Waals surface area contributed by atoms with Crippen molar-refractivity contribution in [2.24, 2.45) is 0 Å². The van der Waals surface area contributed by atoms with Crippen LogP contribution in [0.4, 0.5) is 0 Å². The molecule has 2 aromatic rings. The third-order valence-corrected chi connectivity index (χ3v) is 3.48. The van der Waals surface area contributed by atoms with Crippen molar-refractivity contribution in [3.63, 3.8) is 0 Å². The van der Waals surface area contributed by atoms with Crippen molar-refractivity contribution >= 4 is 17.5 Å². The van der Waals surface area contributed by atoms with Crippen molar-refractivity contribution in [2.45, 2.75) is 19.4 Å². The van der Waals surface area contributed by atoms with Crippen LogP contribution in [-0.2, 0) is 4.74 Å². The van der Waals surface area contributed by atoms with Crippen LogP contribution in [0, 0.1) is 18.3 Å². The number of hydrogen-bond donors (Lipinski definition) is 1. The van der Waals surface area contributed by atoms with Crippen molar-refractivity contribution in [1.82, 2.24) is 15.1 Å². The monoisotopic (exact) mass is 332 g/mol. The quantitative estimate of drug-likeness (QED) is 0.912. The first kappa shape index (κ1) is 17.0. The summed E-state index contributed by atoms with van der Waals surface area (Å²) in [6.45, 7) is 3.52. The molecule has 7 heteroatoms. The predicted molar refractivity (Wildman–Crippen MR) is 86.7 cm³/mol. The summed E-state index contributed by atoms with van der Waals surface area (Å²) < 4.78 is 6.59. The van der Waals surface area contributed by atoms with Gasteiger partial charge in [-0.2, -0.15) is 10.4 Å². The highest BCUT2D eigenvalue weighted by Gasteiger charge is 2.28. The van der Waals surface area contributed by atoms with E-state index in [4.69, 9.17) is 16.3 Å². The van der Waals surface area contributed by atoms with Gasteiger partial charge in [-0.05, 0) is 38.1 Å². The highest BCUT2D eigenvalue weighted by atomic mass is 35.5. The normalized spacial score (nSPS) is 13.2.